The van der Waals surface area contributed by atoms with Crippen LogP contribution in [0.1, 0.15) is 5.56 Å². The Morgan fingerprint density at radius 2 is 2.09 bits per heavy atom. The van der Waals surface area contributed by atoms with Crippen molar-refractivity contribution in [1.29, 1.82) is 0 Å². The Bertz CT molecular complexity index is 833. The number of pyridine rings is 1. The fourth-order valence-electron chi connectivity index (χ4n) is 2.12. The van der Waals surface area contributed by atoms with Gasteiger partial charge < -0.3 is 10.1 Å². The fourth-order valence-corrected chi connectivity index (χ4v) is 2.12. The van der Waals surface area contributed by atoms with E-state index < -0.39 is 11.6 Å². The molecule has 1 aromatic carbocycles. The molecule has 0 saturated carbocycles. The van der Waals surface area contributed by atoms with Crippen molar-refractivity contribution in [2.75, 3.05) is 5.32 Å². The first kappa shape index (κ1) is 14.0. The average molecular weight is 303 g/mol. The summed E-state index contributed by atoms with van der Waals surface area (Å²) in [7, 11) is 0. The molecule has 7 heteroatoms. The Balaban J connectivity index is 1.87. The third kappa shape index (κ3) is 2.60. The molecule has 3 aromatic rings. The van der Waals surface area contributed by atoms with Gasteiger partial charge in [0.25, 0.3) is 6.47 Å². The molecule has 112 valence electrons. The topological polar surface area (TPSA) is 55.6 Å². The van der Waals surface area contributed by atoms with Crippen LogP contribution in [0.2, 0.25) is 0 Å². The van der Waals surface area contributed by atoms with E-state index in [0.29, 0.717) is 23.4 Å². The zero-order valence-electron chi connectivity index (χ0n) is 11.3. The molecule has 0 fully saturated rings. The van der Waals surface area contributed by atoms with Crippen LogP contribution < -0.4 is 10.1 Å². The van der Waals surface area contributed by atoms with E-state index in [1.165, 1.54) is 6.07 Å². The molecule has 0 radical (unpaired) electrons. The molecule has 0 saturated heterocycles. The van der Waals surface area contributed by atoms with Crippen LogP contribution in [0.3, 0.4) is 0 Å². The lowest BCUT2D eigenvalue weighted by molar-refractivity contribution is -0.120. The first-order valence-electron chi connectivity index (χ1n) is 6.43. The molecule has 5 nitrogen and oxygen atoms in total. The number of anilines is 1. The summed E-state index contributed by atoms with van der Waals surface area (Å²) in [6, 6.07) is 7.08. The number of nitrogens with zero attached hydrogens (tertiary/aromatic N) is 2. The van der Waals surface area contributed by atoms with E-state index in [4.69, 9.17) is 4.74 Å². The van der Waals surface area contributed by atoms with Crippen LogP contribution in [0.4, 0.5) is 14.5 Å². The molecule has 1 N–H and O–H groups in total. The maximum Gasteiger partial charge on any atom is 0.299 e. The van der Waals surface area contributed by atoms with Gasteiger partial charge in [-0.05, 0) is 29.8 Å². The van der Waals surface area contributed by atoms with E-state index in [9.17, 15) is 13.6 Å². The molecule has 2 heterocycles. The number of nitrogens with one attached hydrogen (secondary N) is 1. The molecule has 0 bridgehead atoms. The number of carbonyl (C=O) groups is 1. The molecule has 0 unspecified atom stereocenters. The van der Waals surface area contributed by atoms with E-state index in [1.807, 2.05) is 0 Å². The number of halogens is 2. The largest absolute Gasteiger partial charge is 0.409 e. The summed E-state index contributed by atoms with van der Waals surface area (Å²) < 4.78 is 32.7. The Kier molecular flexibility index (Phi) is 3.69. The van der Waals surface area contributed by atoms with Crippen molar-refractivity contribution in [1.82, 2.24) is 9.38 Å². The van der Waals surface area contributed by atoms with Crippen molar-refractivity contribution in [3.8, 4) is 5.88 Å². The van der Waals surface area contributed by atoms with Crippen LogP contribution in [-0.4, -0.2) is 15.9 Å². The van der Waals surface area contributed by atoms with E-state index in [-0.39, 0.29) is 12.4 Å². The van der Waals surface area contributed by atoms with Crippen molar-refractivity contribution in [2.45, 2.75) is 6.54 Å². The van der Waals surface area contributed by atoms with Crippen LogP contribution in [0.25, 0.3) is 5.65 Å². The average Bonchev–Trinajstić information content (AvgIpc) is 2.99. The first-order chi connectivity index (χ1) is 10.7. The van der Waals surface area contributed by atoms with Crippen molar-refractivity contribution in [3.05, 3.63) is 59.9 Å². The van der Waals surface area contributed by atoms with E-state index in [1.54, 1.807) is 28.9 Å². The molecule has 0 atom stereocenters. The number of fused-ring (bicyclic) bond motifs is 1. The van der Waals surface area contributed by atoms with E-state index >= 15 is 0 Å². The van der Waals surface area contributed by atoms with Gasteiger partial charge in [0.2, 0.25) is 5.88 Å². The van der Waals surface area contributed by atoms with Crippen molar-refractivity contribution in [3.63, 3.8) is 0 Å². The summed E-state index contributed by atoms with van der Waals surface area (Å²) in [6.07, 6.45) is 3.23. The molecule has 2 aromatic heterocycles. The maximum absolute atomic E-state index is 13.2. The standard InChI is InChI=1S/C15H11F2N3O2/c16-11-2-1-10(7-12(11)17)8-19-13-3-4-14-18-5-6-20(14)15(13)22-9-21/h1-7,9,19H,8H2. The SMILES string of the molecule is O=COc1c(NCc2ccc(F)c(F)c2)ccc2nccn12. The molecule has 0 aliphatic rings. The molecule has 3 rings (SSSR count). The minimum Gasteiger partial charge on any atom is -0.409 e. The lowest BCUT2D eigenvalue weighted by Gasteiger charge is -2.12. The summed E-state index contributed by atoms with van der Waals surface area (Å²) in [4.78, 5) is 14.8. The minimum absolute atomic E-state index is 0.243. The summed E-state index contributed by atoms with van der Waals surface area (Å²) in [5, 5.41) is 3.02. The Morgan fingerprint density at radius 1 is 1.23 bits per heavy atom. The number of rotatable bonds is 5. The van der Waals surface area contributed by atoms with Gasteiger partial charge in [-0.3, -0.25) is 9.20 Å². The van der Waals surface area contributed by atoms with Crippen LogP contribution in [-0.2, 0) is 11.3 Å². The molecule has 0 aliphatic heterocycles. The normalized spacial score (nSPS) is 10.6. The predicted octanol–water partition coefficient (Wildman–Crippen LogP) is 2.76. The molecule has 0 aliphatic carbocycles. The number of hydrogen-bond acceptors (Lipinski definition) is 4. The predicted molar refractivity (Wildman–Crippen MR) is 75.6 cm³/mol. The second-order valence-corrected chi connectivity index (χ2v) is 4.52. The van der Waals surface area contributed by atoms with Crippen molar-refractivity contribution >= 4 is 17.8 Å². The van der Waals surface area contributed by atoms with Gasteiger partial charge in [0.05, 0.1) is 5.69 Å². The van der Waals surface area contributed by atoms with Crippen molar-refractivity contribution < 1.29 is 18.3 Å². The second kappa shape index (κ2) is 5.80. The number of ether oxygens (including phenoxy) is 1. The Hall–Kier alpha value is -2.96. The van der Waals surface area contributed by atoms with E-state index in [2.05, 4.69) is 10.3 Å². The van der Waals surface area contributed by atoms with E-state index in [0.717, 1.165) is 12.1 Å². The monoisotopic (exact) mass is 303 g/mol. The Labute approximate surface area is 124 Å². The number of aromatic nitrogens is 2. The third-order valence-corrected chi connectivity index (χ3v) is 3.14. The number of hydrogen-bond donors (Lipinski definition) is 1. The lowest BCUT2D eigenvalue weighted by atomic mass is 10.2. The zero-order chi connectivity index (χ0) is 15.5. The minimum atomic E-state index is -0.909. The van der Waals surface area contributed by atoms with Gasteiger partial charge in [0.1, 0.15) is 5.65 Å². The highest BCUT2D eigenvalue weighted by Gasteiger charge is 2.10. The smallest absolute Gasteiger partial charge is 0.299 e. The summed E-state index contributed by atoms with van der Waals surface area (Å²) in [5.41, 5.74) is 1.71. The van der Waals surface area contributed by atoms with Crippen molar-refractivity contribution in [2.24, 2.45) is 0 Å². The molecule has 0 spiro atoms. The molecule has 0 amide bonds. The van der Waals surface area contributed by atoms with Crippen LogP contribution in [0.15, 0.2) is 42.7 Å². The van der Waals surface area contributed by atoms with Gasteiger partial charge in [-0.15, -0.1) is 0 Å². The summed E-state index contributed by atoms with van der Waals surface area (Å²) in [5.74, 6) is -1.53. The lowest BCUT2D eigenvalue weighted by Crippen LogP contribution is -2.06. The third-order valence-electron chi connectivity index (χ3n) is 3.14. The quantitative estimate of drug-likeness (QED) is 0.736. The first-order valence-corrected chi connectivity index (χ1v) is 6.43. The number of benzene rings is 1. The number of imidazole rings is 1. The second-order valence-electron chi connectivity index (χ2n) is 4.52. The highest BCUT2D eigenvalue weighted by molar-refractivity contribution is 5.63. The van der Waals surface area contributed by atoms with Gasteiger partial charge in [-0.25, -0.2) is 13.8 Å². The fraction of sp³-hybridized carbons (Fsp3) is 0.0667. The van der Waals surface area contributed by atoms with Crippen LogP contribution in [0.5, 0.6) is 5.88 Å². The highest BCUT2D eigenvalue weighted by atomic mass is 19.2. The van der Waals surface area contributed by atoms with Crippen LogP contribution in [0, 0.1) is 11.6 Å². The molecular weight excluding hydrogens is 292 g/mol. The van der Waals surface area contributed by atoms with Crippen LogP contribution >= 0.6 is 0 Å². The van der Waals surface area contributed by atoms with Gasteiger partial charge in [0, 0.05) is 18.9 Å². The highest BCUT2D eigenvalue weighted by Crippen LogP contribution is 2.26. The maximum atomic E-state index is 13.2. The summed E-state index contributed by atoms with van der Waals surface area (Å²) in [6.45, 7) is 0.560. The zero-order valence-corrected chi connectivity index (χ0v) is 11.3. The van der Waals surface area contributed by atoms with Gasteiger partial charge in [-0.1, -0.05) is 6.07 Å². The van der Waals surface area contributed by atoms with Gasteiger partial charge >= 0.3 is 0 Å². The van der Waals surface area contributed by atoms with Gasteiger partial charge in [0.15, 0.2) is 11.6 Å². The number of carbonyl (C=O) groups excluding carboxylic acids is 1. The van der Waals surface area contributed by atoms with Gasteiger partial charge in [-0.2, -0.15) is 0 Å². The molecule has 22 heavy (non-hydrogen) atoms. The summed E-state index contributed by atoms with van der Waals surface area (Å²) >= 11 is 0. The molecular formula is C15H11F2N3O2. The Morgan fingerprint density at radius 3 is 2.86 bits per heavy atom.